The number of rotatable bonds is 38. The fourth-order valence-electron chi connectivity index (χ4n) is 6.54. The predicted octanol–water partition coefficient (Wildman–Crippen LogP) is 14.1. The third-order valence-corrected chi connectivity index (χ3v) is 9.58. The lowest BCUT2D eigenvalue weighted by Crippen LogP contribution is -2.18. The summed E-state index contributed by atoms with van der Waals surface area (Å²) >= 11 is 0. The highest BCUT2D eigenvalue weighted by Gasteiger charge is 2.14. The van der Waals surface area contributed by atoms with Gasteiger partial charge in [0.15, 0.2) is 0 Å². The van der Waals surface area contributed by atoms with Gasteiger partial charge in [0.1, 0.15) is 6.10 Å². The quantitative estimate of drug-likeness (QED) is 0.0541. The van der Waals surface area contributed by atoms with Crippen molar-refractivity contribution in [2.24, 2.45) is 0 Å². The summed E-state index contributed by atoms with van der Waals surface area (Å²) in [6, 6.07) is 0. The molecule has 0 amide bonds. The Kier molecular flexibility index (Phi) is 36.5. The van der Waals surface area contributed by atoms with Crippen LogP contribution in [0.15, 0.2) is 0 Å². The fourth-order valence-corrected chi connectivity index (χ4v) is 6.54. The molecule has 0 heterocycles. The molecule has 268 valence electrons. The Hall–Kier alpha value is -1.06. The summed E-state index contributed by atoms with van der Waals surface area (Å²) in [5.74, 6) is -0.689. The molecule has 0 radical (unpaired) electrons. The average molecular weight is 637 g/mol. The van der Waals surface area contributed by atoms with E-state index in [9.17, 15) is 9.59 Å². The van der Waals surface area contributed by atoms with Crippen molar-refractivity contribution in [3.8, 4) is 0 Å². The van der Waals surface area contributed by atoms with Gasteiger partial charge in [0.25, 0.3) is 0 Å². The molecule has 0 saturated carbocycles. The minimum Gasteiger partial charge on any atom is -0.481 e. The van der Waals surface area contributed by atoms with Crippen LogP contribution in [0.5, 0.6) is 0 Å². The van der Waals surface area contributed by atoms with Gasteiger partial charge in [0.2, 0.25) is 0 Å². The largest absolute Gasteiger partial charge is 0.481 e. The highest BCUT2D eigenvalue weighted by Crippen LogP contribution is 2.19. The highest BCUT2D eigenvalue weighted by molar-refractivity contribution is 5.69. The molecular weight excluding hydrogens is 556 g/mol. The van der Waals surface area contributed by atoms with Gasteiger partial charge in [-0.15, -0.1) is 0 Å². The first kappa shape index (κ1) is 43.9. The van der Waals surface area contributed by atoms with Gasteiger partial charge in [0, 0.05) is 12.8 Å². The van der Waals surface area contributed by atoms with E-state index in [0.717, 1.165) is 64.2 Å². The van der Waals surface area contributed by atoms with Crippen molar-refractivity contribution in [1.82, 2.24) is 0 Å². The number of carboxylic acids is 1. The lowest BCUT2D eigenvalue weighted by Gasteiger charge is -2.18. The van der Waals surface area contributed by atoms with E-state index >= 15 is 0 Å². The molecule has 0 aromatic heterocycles. The van der Waals surface area contributed by atoms with Gasteiger partial charge in [-0.25, -0.2) is 0 Å². The second kappa shape index (κ2) is 37.4. The van der Waals surface area contributed by atoms with Crippen molar-refractivity contribution >= 4 is 11.9 Å². The Balaban J connectivity index is 3.81. The van der Waals surface area contributed by atoms with Gasteiger partial charge in [-0.2, -0.15) is 0 Å². The molecule has 1 N–H and O–H groups in total. The SMILES string of the molecule is CCCCCCCCCCCCCCCCCCCCCC(=O)OC(CCCCCCCCCC)CCCCCCCC(=O)O. The first-order valence-corrected chi connectivity index (χ1v) is 20.5. The minimum absolute atomic E-state index is 0.00741. The summed E-state index contributed by atoms with van der Waals surface area (Å²) in [7, 11) is 0. The van der Waals surface area contributed by atoms with Crippen LogP contribution in [0.25, 0.3) is 0 Å². The molecule has 0 aliphatic heterocycles. The van der Waals surface area contributed by atoms with Crippen LogP contribution in [0.3, 0.4) is 0 Å². The molecule has 0 aromatic rings. The van der Waals surface area contributed by atoms with Gasteiger partial charge in [-0.3, -0.25) is 9.59 Å². The summed E-state index contributed by atoms with van der Waals surface area (Å²) in [4.78, 5) is 23.3. The van der Waals surface area contributed by atoms with E-state index in [-0.39, 0.29) is 18.5 Å². The van der Waals surface area contributed by atoms with Gasteiger partial charge in [-0.1, -0.05) is 194 Å². The monoisotopic (exact) mass is 637 g/mol. The number of hydrogen-bond donors (Lipinski definition) is 1. The second-order valence-electron chi connectivity index (χ2n) is 14.2. The van der Waals surface area contributed by atoms with E-state index in [0.29, 0.717) is 6.42 Å². The van der Waals surface area contributed by atoms with Crippen molar-refractivity contribution in [2.45, 2.75) is 251 Å². The molecule has 0 aliphatic carbocycles. The smallest absolute Gasteiger partial charge is 0.306 e. The predicted molar refractivity (Wildman–Crippen MR) is 195 cm³/mol. The number of carboxylic acid groups (broad SMARTS) is 1. The zero-order chi connectivity index (χ0) is 32.9. The molecule has 0 rings (SSSR count). The van der Waals surface area contributed by atoms with Crippen LogP contribution in [-0.2, 0) is 14.3 Å². The Morgan fingerprint density at radius 3 is 0.978 bits per heavy atom. The lowest BCUT2D eigenvalue weighted by atomic mass is 10.0. The van der Waals surface area contributed by atoms with Crippen LogP contribution < -0.4 is 0 Å². The lowest BCUT2D eigenvalue weighted by molar-refractivity contribution is -0.150. The van der Waals surface area contributed by atoms with Crippen LogP contribution in [0.2, 0.25) is 0 Å². The number of aliphatic carboxylic acids is 1. The average Bonchev–Trinajstić information content (AvgIpc) is 3.02. The number of carbonyl (C=O) groups is 2. The van der Waals surface area contributed by atoms with Gasteiger partial charge in [0.05, 0.1) is 0 Å². The first-order valence-electron chi connectivity index (χ1n) is 20.5. The van der Waals surface area contributed by atoms with E-state index < -0.39 is 5.97 Å². The molecule has 0 aliphatic rings. The maximum Gasteiger partial charge on any atom is 0.306 e. The van der Waals surface area contributed by atoms with Gasteiger partial charge in [-0.05, 0) is 38.5 Å². The summed E-state index contributed by atoms with van der Waals surface area (Å²) in [6.45, 7) is 4.55. The topological polar surface area (TPSA) is 63.6 Å². The van der Waals surface area contributed by atoms with Crippen LogP contribution >= 0.6 is 0 Å². The number of ether oxygens (including phenoxy) is 1. The van der Waals surface area contributed by atoms with Crippen molar-refractivity contribution in [3.05, 3.63) is 0 Å². The number of hydrogen-bond acceptors (Lipinski definition) is 3. The molecule has 1 atom stereocenters. The molecule has 4 nitrogen and oxygen atoms in total. The van der Waals surface area contributed by atoms with E-state index in [1.165, 1.54) is 154 Å². The third-order valence-electron chi connectivity index (χ3n) is 9.58. The van der Waals surface area contributed by atoms with Gasteiger partial charge >= 0.3 is 11.9 Å². The van der Waals surface area contributed by atoms with Crippen LogP contribution in [0.4, 0.5) is 0 Å². The van der Waals surface area contributed by atoms with E-state index in [1.54, 1.807) is 0 Å². The molecule has 45 heavy (non-hydrogen) atoms. The zero-order valence-electron chi connectivity index (χ0n) is 30.7. The summed E-state index contributed by atoms with van der Waals surface area (Å²) in [5, 5.41) is 8.80. The Morgan fingerprint density at radius 2 is 0.667 bits per heavy atom. The highest BCUT2D eigenvalue weighted by atomic mass is 16.5. The maximum absolute atomic E-state index is 12.6. The summed E-state index contributed by atoms with van der Waals surface area (Å²) < 4.78 is 5.99. The first-order chi connectivity index (χ1) is 22.1. The molecule has 0 saturated heterocycles. The van der Waals surface area contributed by atoms with Crippen LogP contribution in [-0.4, -0.2) is 23.1 Å². The Bertz CT molecular complexity index is 604. The molecule has 0 aromatic carbocycles. The molecule has 0 bridgehead atoms. The van der Waals surface area contributed by atoms with Gasteiger partial charge < -0.3 is 9.84 Å². The number of unbranched alkanes of at least 4 members (excludes halogenated alkanes) is 29. The van der Waals surface area contributed by atoms with Crippen molar-refractivity contribution in [1.29, 1.82) is 0 Å². The molecule has 4 heteroatoms. The fraction of sp³-hybridized carbons (Fsp3) is 0.951. The molecule has 0 spiro atoms. The van der Waals surface area contributed by atoms with Crippen molar-refractivity contribution in [2.75, 3.05) is 0 Å². The Labute approximate surface area is 282 Å². The van der Waals surface area contributed by atoms with Crippen molar-refractivity contribution in [3.63, 3.8) is 0 Å². The standard InChI is InChI=1S/C41H80O4/c1-3-5-7-9-11-13-14-15-16-17-18-19-20-21-22-23-25-30-34-38-41(44)45-39(35-31-27-24-12-10-8-6-4-2)36-32-28-26-29-33-37-40(42)43/h39H,3-38H2,1-2H3,(H,42,43). The number of esters is 1. The van der Waals surface area contributed by atoms with E-state index in [1.807, 2.05) is 0 Å². The summed E-state index contributed by atoms with van der Waals surface area (Å²) in [5.41, 5.74) is 0. The van der Waals surface area contributed by atoms with Crippen LogP contribution in [0.1, 0.15) is 245 Å². The third kappa shape index (κ3) is 37.3. The second-order valence-corrected chi connectivity index (χ2v) is 14.2. The minimum atomic E-state index is -0.697. The molecule has 1 unspecified atom stereocenters. The molecule has 0 fully saturated rings. The van der Waals surface area contributed by atoms with E-state index in [4.69, 9.17) is 9.84 Å². The van der Waals surface area contributed by atoms with E-state index in [2.05, 4.69) is 13.8 Å². The maximum atomic E-state index is 12.6. The molecular formula is C41H80O4. The number of carbonyl (C=O) groups excluding carboxylic acids is 1. The van der Waals surface area contributed by atoms with Crippen molar-refractivity contribution < 1.29 is 19.4 Å². The summed E-state index contributed by atoms with van der Waals surface area (Å²) in [6.07, 6.45) is 44.2. The zero-order valence-corrected chi connectivity index (χ0v) is 30.7. The Morgan fingerprint density at radius 1 is 0.400 bits per heavy atom. The normalized spacial score (nSPS) is 12.0. The van der Waals surface area contributed by atoms with Crippen LogP contribution in [0, 0.1) is 0 Å².